The molecular formula is C42H28Br2CrN8Na4O19S3+4. The van der Waals surface area contributed by atoms with Crippen molar-refractivity contribution in [1.29, 1.82) is 0 Å². The fourth-order valence-electron chi connectivity index (χ4n) is 6.65. The van der Waals surface area contributed by atoms with Crippen molar-refractivity contribution in [2.45, 2.75) is 4.90 Å². The molecule has 0 unspecified atom stereocenters. The Morgan fingerprint density at radius 1 is 0.620 bits per heavy atom. The standard InChI is InChI=1S/C23H15BrN4O11S2.C19H13BrN4O8S.Cr.4Na/c1-10(24)23(31)25-12-2-4-14-11(6-12)7-19(41(37,38)39)21(22(14)30)27-26-20-15-5-3-13(28(32)33)8-16(15)18(9-17(20)29)40(34,35)36;1-9(20)19(27)21-13-4-2-3-11-12(13)8-16(33(30,31)32)17(18(11)26)23-22-14-7-10(24(28)29)5-6-15(14)25;;;;;/h2-9,27,30H,1H2,(H,25,31)(H,34,35,36)(H,37,38,39);2-8,22,25H,1H2,(H,21,27)(H,30,31,32);;;;;/q;;;4*+1/b26-20+;;;;;;. The Morgan fingerprint density at radius 3 is 1.73 bits per heavy atom. The molecule has 5 aromatic rings. The number of phenols is 2. The predicted octanol–water partition coefficient (Wildman–Crippen LogP) is -5.77. The average Bonchev–Trinajstić information content (AvgIpc) is 3.30. The van der Waals surface area contributed by atoms with Gasteiger partial charge in [0.15, 0.2) is 5.71 Å². The number of hydrogen-bond donors (Lipinski definition) is 9. The normalized spacial score (nSPS) is 13.4. The number of carbonyl (C=O) groups is 4. The van der Waals surface area contributed by atoms with Crippen molar-refractivity contribution in [2.75, 3.05) is 21.5 Å². The SMILES string of the molecule is C=C(Br)C(=O)Nc1ccc2c(O)c(N/N=C3/C(=O)C=C(S(=O)(=O)O)c4cc([N+](=O)[O-])ccc43)c(S(=O)(=O)O)cc2c1.C=C(Br)C(=O)Nc1cccc2c1C=C(S(=O)(=O)O)C(=NNc1cc([N+](=O)[O-])ccc1O)C2=O.[Cr].[Na+].[Na+].[Na+].[Na+]. The fourth-order valence-corrected chi connectivity index (χ4v) is 8.87. The number of aromatic hydroxyl groups is 2. The van der Waals surface area contributed by atoms with Crippen LogP contribution in [0.15, 0.2) is 127 Å². The van der Waals surface area contributed by atoms with Crippen LogP contribution in [0.1, 0.15) is 27.0 Å². The molecule has 0 atom stereocenters. The van der Waals surface area contributed by atoms with Gasteiger partial charge in [-0.15, -0.1) is 0 Å². The van der Waals surface area contributed by atoms with Gasteiger partial charge >= 0.3 is 118 Å². The van der Waals surface area contributed by atoms with Crippen molar-refractivity contribution in [1.82, 2.24) is 0 Å². The molecule has 0 bridgehead atoms. The summed E-state index contributed by atoms with van der Waals surface area (Å²) in [5, 5.41) is 55.4. The van der Waals surface area contributed by atoms with Crippen molar-refractivity contribution in [3.05, 3.63) is 154 Å². The first kappa shape index (κ1) is 73.2. The summed E-state index contributed by atoms with van der Waals surface area (Å²) in [7, 11) is -15.1. The molecule has 7 rings (SSSR count). The number of nitro benzene ring substituents is 2. The molecule has 79 heavy (non-hydrogen) atoms. The zero-order chi connectivity index (χ0) is 54.9. The second-order valence-corrected chi connectivity index (χ2v) is 20.8. The number of allylic oxidation sites excluding steroid dienone is 2. The van der Waals surface area contributed by atoms with E-state index < -0.39 is 124 Å². The van der Waals surface area contributed by atoms with Crippen LogP contribution in [0, 0.1) is 20.2 Å². The maximum Gasteiger partial charge on any atom is 1.00 e. The molecule has 37 heteroatoms. The van der Waals surface area contributed by atoms with Crippen molar-refractivity contribution in [3.8, 4) is 11.5 Å². The second-order valence-electron chi connectivity index (χ2n) is 14.7. The Labute approximate surface area is 561 Å². The van der Waals surface area contributed by atoms with Crippen molar-refractivity contribution < 1.29 is 214 Å². The average molecular weight is 1350 g/mol. The van der Waals surface area contributed by atoms with Gasteiger partial charge in [0.25, 0.3) is 53.5 Å². The van der Waals surface area contributed by atoms with Crippen LogP contribution in [0.2, 0.25) is 0 Å². The summed E-state index contributed by atoms with van der Waals surface area (Å²) in [6.07, 6.45) is 1.40. The smallest absolute Gasteiger partial charge is 0.506 e. The number of halogens is 2. The van der Waals surface area contributed by atoms with E-state index in [9.17, 15) is 88.5 Å². The number of anilines is 4. The van der Waals surface area contributed by atoms with Gasteiger partial charge in [0.2, 0.25) is 11.6 Å². The second kappa shape index (κ2) is 29.4. The van der Waals surface area contributed by atoms with Crippen LogP contribution in [0.5, 0.6) is 11.5 Å². The molecule has 27 nitrogen and oxygen atoms in total. The number of nitrogens with zero attached hydrogens (tertiary/aromatic N) is 4. The maximum absolute atomic E-state index is 13.0. The van der Waals surface area contributed by atoms with Gasteiger partial charge in [-0.05, 0) is 85.8 Å². The minimum absolute atomic E-state index is 0. The number of phenolic OH excluding ortho intramolecular Hbond substituents is 2. The molecular weight excluding hydrogens is 1320 g/mol. The molecule has 0 radical (unpaired) electrons. The molecule has 9 N–H and O–H groups in total. The largest absolute Gasteiger partial charge is 1.00 e. The van der Waals surface area contributed by atoms with Gasteiger partial charge in [-0.2, -0.15) is 35.5 Å². The van der Waals surface area contributed by atoms with E-state index in [1.807, 2.05) is 0 Å². The Hall–Kier alpha value is -3.84. The molecule has 0 aliphatic heterocycles. The number of amides is 2. The summed E-state index contributed by atoms with van der Waals surface area (Å²) in [6, 6.07) is 14.7. The molecule has 0 saturated carbocycles. The first-order chi connectivity index (χ1) is 34.4. The third-order valence-corrected chi connectivity index (χ3v) is 13.3. The molecule has 0 spiro atoms. The van der Waals surface area contributed by atoms with Crippen LogP contribution >= 0.6 is 31.9 Å². The van der Waals surface area contributed by atoms with E-state index in [2.05, 4.69) is 76.7 Å². The van der Waals surface area contributed by atoms with Crippen LogP contribution in [0.25, 0.3) is 21.8 Å². The van der Waals surface area contributed by atoms with Crippen LogP contribution in [-0.2, 0) is 62.1 Å². The number of hydrazone groups is 2. The number of ketones is 2. The summed E-state index contributed by atoms with van der Waals surface area (Å²) in [4.78, 5) is 67.5. The van der Waals surface area contributed by atoms with Crippen molar-refractivity contribution in [2.24, 2.45) is 10.2 Å². The maximum atomic E-state index is 13.0. The topological polar surface area (TPSA) is 431 Å². The summed E-state index contributed by atoms with van der Waals surface area (Å²) >= 11 is 5.82. The zero-order valence-electron chi connectivity index (χ0n) is 40.7. The Bertz CT molecular complexity index is 3930. The van der Waals surface area contributed by atoms with Gasteiger partial charge in [0.05, 0.1) is 18.8 Å². The number of nitro groups is 2. The molecule has 2 amide bonds. The zero-order valence-corrected chi connectivity index (χ0v) is 55.6. The molecule has 0 heterocycles. The molecule has 0 saturated heterocycles. The molecule has 2 aliphatic rings. The number of Topliss-reactive ketones (excluding diaryl/α,β-unsaturated/α-hetero) is 1. The number of hydrogen-bond acceptors (Lipinski definition) is 20. The third kappa shape index (κ3) is 17.4. The van der Waals surface area contributed by atoms with Crippen molar-refractivity contribution >= 4 is 153 Å². The summed E-state index contributed by atoms with van der Waals surface area (Å²) in [6.45, 7) is 6.84. The molecule has 388 valence electrons. The van der Waals surface area contributed by atoms with Crippen LogP contribution < -0.4 is 140 Å². The number of fused-ring (bicyclic) bond motifs is 3. The monoisotopic (exact) mass is 1350 g/mol. The number of nitrogens with one attached hydrogen (secondary N) is 4. The van der Waals surface area contributed by atoms with E-state index in [4.69, 9.17) is 0 Å². The van der Waals surface area contributed by atoms with E-state index in [1.54, 1.807) is 0 Å². The Balaban J connectivity index is 0.000000758. The van der Waals surface area contributed by atoms with Crippen LogP contribution in [-0.4, -0.2) is 93.8 Å². The Morgan fingerprint density at radius 2 is 1.18 bits per heavy atom. The third-order valence-electron chi connectivity index (χ3n) is 9.97. The molecule has 0 fully saturated rings. The minimum Gasteiger partial charge on any atom is -0.506 e. The van der Waals surface area contributed by atoms with Crippen LogP contribution in [0.4, 0.5) is 34.1 Å². The van der Waals surface area contributed by atoms with Crippen molar-refractivity contribution in [3.63, 3.8) is 0 Å². The van der Waals surface area contributed by atoms with E-state index in [0.29, 0.717) is 6.08 Å². The molecule has 2 aliphatic carbocycles. The van der Waals surface area contributed by atoms with Gasteiger partial charge in [0, 0.05) is 86.7 Å². The van der Waals surface area contributed by atoms with E-state index >= 15 is 0 Å². The first-order valence-electron chi connectivity index (χ1n) is 19.5. The number of carbonyl (C=O) groups excluding carboxylic acids is 4. The first-order valence-corrected chi connectivity index (χ1v) is 25.4. The fraction of sp³-hybridized carbons (Fsp3) is 0. The van der Waals surface area contributed by atoms with Gasteiger partial charge < -0.3 is 20.8 Å². The number of benzene rings is 5. The number of non-ortho nitro benzene ring substituents is 2. The predicted molar refractivity (Wildman–Crippen MR) is 273 cm³/mol. The van der Waals surface area contributed by atoms with E-state index in [1.165, 1.54) is 36.4 Å². The van der Waals surface area contributed by atoms with Gasteiger partial charge in [0.1, 0.15) is 43.3 Å². The summed E-state index contributed by atoms with van der Waals surface area (Å²) in [5.74, 6) is -4.51. The number of rotatable bonds is 13. The van der Waals surface area contributed by atoms with Crippen LogP contribution in [0.3, 0.4) is 0 Å². The van der Waals surface area contributed by atoms with E-state index in [-0.39, 0.29) is 189 Å². The quantitative estimate of drug-likeness (QED) is 0.0132. The molecule has 5 aromatic carbocycles. The minimum atomic E-state index is -5.05. The summed E-state index contributed by atoms with van der Waals surface area (Å²) in [5.41, 5.74) is 0.594. The van der Waals surface area contributed by atoms with Gasteiger partial charge in [-0.25, -0.2) is 0 Å². The van der Waals surface area contributed by atoms with Gasteiger partial charge in [-0.3, -0.25) is 63.9 Å². The van der Waals surface area contributed by atoms with Gasteiger partial charge in [-0.1, -0.05) is 25.3 Å². The summed E-state index contributed by atoms with van der Waals surface area (Å²) < 4.78 is 101. The Kier molecular flexibility index (Phi) is 27.3. The van der Waals surface area contributed by atoms with E-state index in [0.717, 1.165) is 48.5 Å². The molecule has 0 aromatic heterocycles.